The number of esters is 1. The largest absolute Gasteiger partial charge is 0.464 e. The van der Waals surface area contributed by atoms with Gasteiger partial charge in [0.2, 0.25) is 0 Å². The fourth-order valence-electron chi connectivity index (χ4n) is 2.14. The molecule has 0 fully saturated rings. The van der Waals surface area contributed by atoms with Crippen LogP contribution in [0.1, 0.15) is 21.7 Å². The summed E-state index contributed by atoms with van der Waals surface area (Å²) in [5, 5.41) is 3.20. The highest BCUT2D eigenvalue weighted by Gasteiger charge is 2.23. The van der Waals surface area contributed by atoms with Crippen LogP contribution in [-0.4, -0.2) is 39.6 Å². The second-order valence-corrected chi connectivity index (χ2v) is 4.33. The molecule has 7 heteroatoms. The van der Waals surface area contributed by atoms with Crippen LogP contribution in [0.3, 0.4) is 0 Å². The molecule has 0 aliphatic carbocycles. The van der Waals surface area contributed by atoms with Gasteiger partial charge in [-0.3, -0.25) is 4.98 Å². The summed E-state index contributed by atoms with van der Waals surface area (Å²) in [7, 11) is 1.34. The van der Waals surface area contributed by atoms with Gasteiger partial charge in [0, 0.05) is 37.5 Å². The van der Waals surface area contributed by atoms with Crippen LogP contribution in [0.15, 0.2) is 18.6 Å². The Balaban J connectivity index is 2.15. The number of hydrogen-bond acceptors (Lipinski definition) is 7. The molecule has 0 bridgehead atoms. The van der Waals surface area contributed by atoms with Crippen molar-refractivity contribution in [1.29, 1.82) is 0 Å². The molecule has 0 aromatic carbocycles. The number of carbonyl (C=O) groups is 1. The van der Waals surface area contributed by atoms with E-state index < -0.39 is 5.97 Å². The van der Waals surface area contributed by atoms with Crippen LogP contribution in [0, 0.1) is 0 Å². The molecule has 0 saturated heterocycles. The molecular weight excluding hydrogens is 258 g/mol. The number of carbonyl (C=O) groups excluding carboxylic acids is 1. The van der Waals surface area contributed by atoms with Crippen LogP contribution in [0.2, 0.25) is 0 Å². The topological polar surface area (TPSA) is 89.9 Å². The average molecular weight is 271 g/mol. The zero-order chi connectivity index (χ0) is 13.9. The number of hydrogen-bond donors (Lipinski definition) is 1. The Labute approximate surface area is 115 Å². The number of ether oxygens (including phenoxy) is 1. The number of fused-ring (bicyclic) bond motifs is 1. The fraction of sp³-hybridized carbons (Fsp3) is 0.308. The predicted molar refractivity (Wildman–Crippen MR) is 69.8 cm³/mol. The highest BCUT2D eigenvalue weighted by atomic mass is 16.5. The molecule has 0 saturated carbocycles. The zero-order valence-electron chi connectivity index (χ0n) is 11.0. The maximum absolute atomic E-state index is 11.9. The second kappa shape index (κ2) is 5.30. The number of nitrogens with zero attached hydrogens (tertiary/aromatic N) is 4. The minimum absolute atomic E-state index is 0.297. The van der Waals surface area contributed by atoms with Crippen molar-refractivity contribution >= 4 is 5.97 Å². The first-order valence-electron chi connectivity index (χ1n) is 6.25. The first kappa shape index (κ1) is 12.6. The first-order valence-corrected chi connectivity index (χ1v) is 6.25. The number of methoxy groups -OCH3 is 1. The average Bonchev–Trinajstić information content (AvgIpc) is 2.54. The molecule has 0 radical (unpaired) electrons. The molecule has 1 N–H and O–H groups in total. The van der Waals surface area contributed by atoms with Gasteiger partial charge in [0.15, 0.2) is 11.5 Å². The molecular formula is C13H13N5O2. The molecule has 0 spiro atoms. The number of aromatic nitrogens is 4. The zero-order valence-corrected chi connectivity index (χ0v) is 11.0. The second-order valence-electron chi connectivity index (χ2n) is 4.33. The Morgan fingerprint density at radius 2 is 2.25 bits per heavy atom. The summed E-state index contributed by atoms with van der Waals surface area (Å²) in [5.41, 5.74) is 2.50. The van der Waals surface area contributed by atoms with E-state index in [1.54, 1.807) is 18.6 Å². The summed E-state index contributed by atoms with van der Waals surface area (Å²) in [6.45, 7) is 1.39. The maximum Gasteiger partial charge on any atom is 0.357 e. The highest BCUT2D eigenvalue weighted by molar-refractivity contribution is 5.89. The quantitative estimate of drug-likeness (QED) is 0.789. The summed E-state index contributed by atoms with van der Waals surface area (Å²) in [5.74, 6) is -0.0587. The van der Waals surface area contributed by atoms with Gasteiger partial charge in [0.05, 0.1) is 19.0 Å². The van der Waals surface area contributed by atoms with Gasteiger partial charge in [-0.05, 0) is 0 Å². The fourth-order valence-corrected chi connectivity index (χ4v) is 2.14. The number of nitrogens with one attached hydrogen (secondary N) is 1. The molecule has 7 nitrogen and oxygen atoms in total. The molecule has 1 aliphatic heterocycles. The predicted octanol–water partition coefficient (Wildman–Crippen LogP) is 0.366. The summed E-state index contributed by atoms with van der Waals surface area (Å²) < 4.78 is 4.80. The van der Waals surface area contributed by atoms with Crippen LogP contribution in [-0.2, 0) is 17.7 Å². The monoisotopic (exact) mass is 271 g/mol. The van der Waals surface area contributed by atoms with Crippen molar-refractivity contribution in [1.82, 2.24) is 25.3 Å². The normalized spacial score (nSPS) is 13.7. The molecule has 3 heterocycles. The van der Waals surface area contributed by atoms with Crippen LogP contribution in [0.5, 0.6) is 0 Å². The third kappa shape index (κ3) is 2.23. The summed E-state index contributed by atoms with van der Waals surface area (Å²) >= 11 is 0. The lowest BCUT2D eigenvalue weighted by Gasteiger charge is -2.18. The Morgan fingerprint density at radius 1 is 1.35 bits per heavy atom. The van der Waals surface area contributed by atoms with Gasteiger partial charge in [-0.15, -0.1) is 0 Å². The van der Waals surface area contributed by atoms with Gasteiger partial charge in [0.1, 0.15) is 5.69 Å². The van der Waals surface area contributed by atoms with Crippen molar-refractivity contribution in [3.8, 4) is 11.5 Å². The molecule has 0 amide bonds. The minimum Gasteiger partial charge on any atom is -0.464 e. The van der Waals surface area contributed by atoms with Crippen LogP contribution in [0.25, 0.3) is 11.5 Å². The Bertz CT molecular complexity index is 645. The summed E-state index contributed by atoms with van der Waals surface area (Å²) in [4.78, 5) is 28.9. The molecule has 2 aromatic heterocycles. The Morgan fingerprint density at radius 3 is 3.00 bits per heavy atom. The third-order valence-corrected chi connectivity index (χ3v) is 3.10. The Kier molecular flexibility index (Phi) is 3.34. The highest BCUT2D eigenvalue weighted by Crippen LogP contribution is 2.20. The van der Waals surface area contributed by atoms with Crippen molar-refractivity contribution in [2.45, 2.75) is 13.0 Å². The van der Waals surface area contributed by atoms with Gasteiger partial charge in [-0.25, -0.2) is 19.7 Å². The van der Waals surface area contributed by atoms with Gasteiger partial charge in [-0.1, -0.05) is 0 Å². The van der Waals surface area contributed by atoms with Crippen molar-refractivity contribution in [3.05, 3.63) is 35.5 Å². The van der Waals surface area contributed by atoms with Crippen molar-refractivity contribution in [2.24, 2.45) is 0 Å². The van der Waals surface area contributed by atoms with E-state index in [0.717, 1.165) is 24.2 Å². The smallest absolute Gasteiger partial charge is 0.357 e. The van der Waals surface area contributed by atoms with E-state index in [1.807, 2.05) is 0 Å². The van der Waals surface area contributed by atoms with Crippen molar-refractivity contribution in [2.75, 3.05) is 13.7 Å². The third-order valence-electron chi connectivity index (χ3n) is 3.10. The summed E-state index contributed by atoms with van der Waals surface area (Å²) in [6, 6.07) is 0. The molecule has 0 atom stereocenters. The van der Waals surface area contributed by atoms with E-state index in [1.165, 1.54) is 7.11 Å². The SMILES string of the molecule is COC(=O)c1nc(-c2cnccn2)nc2c1CNCC2. The van der Waals surface area contributed by atoms with Crippen molar-refractivity contribution in [3.63, 3.8) is 0 Å². The van der Waals surface area contributed by atoms with Gasteiger partial charge in [-0.2, -0.15) is 0 Å². The van der Waals surface area contributed by atoms with Crippen LogP contribution in [0.4, 0.5) is 0 Å². The maximum atomic E-state index is 11.9. The number of rotatable bonds is 2. The molecule has 2 aromatic rings. The van der Waals surface area contributed by atoms with Gasteiger partial charge in [0.25, 0.3) is 0 Å². The van der Waals surface area contributed by atoms with E-state index in [9.17, 15) is 4.79 Å². The van der Waals surface area contributed by atoms with Crippen LogP contribution >= 0.6 is 0 Å². The summed E-state index contributed by atoms with van der Waals surface area (Å²) in [6.07, 6.45) is 5.46. The van der Waals surface area contributed by atoms with Gasteiger partial charge >= 0.3 is 5.97 Å². The van der Waals surface area contributed by atoms with E-state index in [0.29, 0.717) is 23.8 Å². The van der Waals surface area contributed by atoms with E-state index >= 15 is 0 Å². The minimum atomic E-state index is -0.461. The van der Waals surface area contributed by atoms with Crippen molar-refractivity contribution < 1.29 is 9.53 Å². The molecule has 102 valence electrons. The molecule has 20 heavy (non-hydrogen) atoms. The van der Waals surface area contributed by atoms with E-state index in [2.05, 4.69) is 25.3 Å². The van der Waals surface area contributed by atoms with Gasteiger partial charge < -0.3 is 10.1 Å². The van der Waals surface area contributed by atoms with E-state index in [-0.39, 0.29) is 0 Å². The lowest BCUT2D eigenvalue weighted by atomic mass is 10.0. The molecule has 1 aliphatic rings. The lowest BCUT2D eigenvalue weighted by Crippen LogP contribution is -2.28. The Hall–Kier alpha value is -2.41. The first-order chi connectivity index (χ1) is 9.79. The molecule has 0 unspecified atom stereocenters. The molecule has 3 rings (SSSR count). The standard InChI is InChI=1S/C13H13N5O2/c1-20-13(19)11-8-6-14-3-2-9(8)17-12(18-11)10-7-15-4-5-16-10/h4-5,7,14H,2-3,6H2,1H3. The van der Waals surface area contributed by atoms with E-state index in [4.69, 9.17) is 4.74 Å². The van der Waals surface area contributed by atoms with Crippen LogP contribution < -0.4 is 5.32 Å². The lowest BCUT2D eigenvalue weighted by molar-refractivity contribution is 0.0592.